The van der Waals surface area contributed by atoms with Crippen molar-refractivity contribution in [3.63, 3.8) is 0 Å². The Morgan fingerprint density at radius 2 is 1.90 bits per heavy atom. The third kappa shape index (κ3) is 4.12. The predicted molar refractivity (Wildman–Crippen MR) is 113 cm³/mol. The number of benzene rings is 2. The minimum Gasteiger partial charge on any atom is -0.377 e. The van der Waals surface area contributed by atoms with Crippen molar-refractivity contribution in [1.29, 1.82) is 0 Å². The van der Waals surface area contributed by atoms with Crippen LogP contribution in [0.1, 0.15) is 36.5 Å². The number of nitrogens with zero attached hydrogens (tertiary/aromatic N) is 1. The molecule has 0 spiro atoms. The largest absolute Gasteiger partial charge is 0.377 e. The van der Waals surface area contributed by atoms with Crippen LogP contribution in [0.5, 0.6) is 0 Å². The second-order valence-corrected chi connectivity index (χ2v) is 8.57. The molecule has 2 aromatic rings. The highest BCUT2D eigenvalue weighted by Gasteiger charge is 2.58. The molecule has 5 atom stereocenters. The summed E-state index contributed by atoms with van der Waals surface area (Å²) in [5.41, 5.74) is 0.697. The Bertz CT molecular complexity index is 957. The van der Waals surface area contributed by atoms with E-state index in [-0.39, 0.29) is 29.4 Å². The summed E-state index contributed by atoms with van der Waals surface area (Å²) in [7, 11) is 0. The molecule has 158 valence electrons. The second-order valence-electron chi connectivity index (χ2n) is 8.13. The number of amides is 1. The van der Waals surface area contributed by atoms with Crippen molar-refractivity contribution >= 4 is 28.9 Å². The summed E-state index contributed by atoms with van der Waals surface area (Å²) in [4.78, 5) is 23.2. The van der Waals surface area contributed by atoms with Crippen LogP contribution >= 0.6 is 11.6 Å². The molecule has 2 aliphatic carbocycles. The molecule has 0 aromatic heterocycles. The van der Waals surface area contributed by atoms with Crippen molar-refractivity contribution < 1.29 is 14.1 Å². The van der Waals surface area contributed by atoms with Gasteiger partial charge in [0.15, 0.2) is 0 Å². The van der Waals surface area contributed by atoms with Gasteiger partial charge in [0.2, 0.25) is 0 Å². The van der Waals surface area contributed by atoms with Crippen molar-refractivity contribution in [2.45, 2.75) is 38.3 Å². The van der Waals surface area contributed by atoms with E-state index in [0.717, 1.165) is 25.3 Å². The van der Waals surface area contributed by atoms with Gasteiger partial charge in [0.05, 0.1) is 4.92 Å². The van der Waals surface area contributed by atoms with Crippen LogP contribution in [0.25, 0.3) is 0 Å². The zero-order valence-corrected chi connectivity index (χ0v) is 17.2. The molecule has 4 rings (SSSR count). The third-order valence-corrected chi connectivity index (χ3v) is 6.61. The van der Waals surface area contributed by atoms with E-state index in [9.17, 15) is 19.3 Å². The Kier molecular flexibility index (Phi) is 5.64. The SMILES string of the molecule is CCC(NC(=O)c1ccc(Cl)cc1)C1[C@H]2CC(Nc3cc(F)ccc3[N+](=O)[O-])C[C@@H]12. The van der Waals surface area contributed by atoms with Crippen LogP contribution in [0.4, 0.5) is 15.8 Å². The van der Waals surface area contributed by atoms with Crippen LogP contribution in [-0.4, -0.2) is 22.9 Å². The molecule has 0 radical (unpaired) electrons. The van der Waals surface area contributed by atoms with Gasteiger partial charge < -0.3 is 10.6 Å². The predicted octanol–water partition coefficient (Wildman–Crippen LogP) is 5.03. The summed E-state index contributed by atoms with van der Waals surface area (Å²) in [6, 6.07) is 10.5. The van der Waals surface area contributed by atoms with Gasteiger partial charge in [-0.1, -0.05) is 18.5 Å². The molecular formula is C22H23ClFN3O3. The number of hydrogen-bond donors (Lipinski definition) is 2. The fourth-order valence-electron chi connectivity index (χ4n) is 4.93. The minimum atomic E-state index is -0.500. The van der Waals surface area contributed by atoms with E-state index in [1.54, 1.807) is 24.3 Å². The molecule has 2 saturated carbocycles. The van der Waals surface area contributed by atoms with Crippen LogP contribution in [0.15, 0.2) is 42.5 Å². The Morgan fingerprint density at radius 1 is 1.23 bits per heavy atom. The molecule has 0 aliphatic heterocycles. The molecule has 0 bridgehead atoms. The standard InChI is InChI=1S/C22H23ClFN3O3/c1-2-18(26-22(28)12-3-5-13(23)6-4-12)21-16-10-15(11-17(16)21)25-19-9-14(24)7-8-20(19)27(29)30/h3-9,15-18,21,25H,2,10-11H2,1H3,(H,26,28)/t15?,16-,17+,18?,21?. The van der Waals surface area contributed by atoms with E-state index in [2.05, 4.69) is 17.6 Å². The molecule has 3 unspecified atom stereocenters. The van der Waals surface area contributed by atoms with Gasteiger partial charge >= 0.3 is 0 Å². The van der Waals surface area contributed by atoms with E-state index in [1.807, 2.05) is 0 Å². The highest BCUT2D eigenvalue weighted by molar-refractivity contribution is 6.30. The first kappa shape index (κ1) is 20.6. The van der Waals surface area contributed by atoms with Gasteiger partial charge in [0.1, 0.15) is 11.5 Å². The molecule has 2 aliphatic rings. The fourth-order valence-corrected chi connectivity index (χ4v) is 5.06. The molecular weight excluding hydrogens is 409 g/mol. The van der Waals surface area contributed by atoms with Crippen LogP contribution < -0.4 is 10.6 Å². The molecule has 1 amide bonds. The van der Waals surface area contributed by atoms with E-state index >= 15 is 0 Å². The molecule has 8 heteroatoms. The molecule has 0 heterocycles. The lowest BCUT2D eigenvalue weighted by atomic mass is 9.98. The maximum Gasteiger partial charge on any atom is 0.292 e. The first-order valence-electron chi connectivity index (χ1n) is 10.1. The zero-order valence-electron chi connectivity index (χ0n) is 16.5. The monoisotopic (exact) mass is 431 g/mol. The summed E-state index contributed by atoms with van der Waals surface area (Å²) in [6.45, 7) is 2.06. The summed E-state index contributed by atoms with van der Waals surface area (Å²) < 4.78 is 13.6. The van der Waals surface area contributed by atoms with Gasteiger partial charge in [-0.2, -0.15) is 0 Å². The number of fused-ring (bicyclic) bond motifs is 1. The zero-order chi connectivity index (χ0) is 21.4. The fraction of sp³-hybridized carbons (Fsp3) is 0.409. The number of carbonyl (C=O) groups excluding carboxylic acids is 1. The number of nitro benzene ring substituents is 1. The summed E-state index contributed by atoms with van der Waals surface area (Å²) >= 11 is 5.89. The van der Waals surface area contributed by atoms with Gasteiger partial charge in [-0.15, -0.1) is 0 Å². The van der Waals surface area contributed by atoms with Crippen LogP contribution in [-0.2, 0) is 0 Å². The lowest BCUT2D eigenvalue weighted by Gasteiger charge is -2.22. The van der Waals surface area contributed by atoms with E-state index < -0.39 is 10.7 Å². The average molecular weight is 432 g/mol. The molecule has 30 heavy (non-hydrogen) atoms. The van der Waals surface area contributed by atoms with Gasteiger partial charge in [-0.3, -0.25) is 14.9 Å². The van der Waals surface area contributed by atoms with Crippen LogP contribution in [0, 0.1) is 33.7 Å². The summed E-state index contributed by atoms with van der Waals surface area (Å²) in [5.74, 6) is 0.733. The number of halogens is 2. The van der Waals surface area contributed by atoms with E-state index in [1.165, 1.54) is 12.1 Å². The lowest BCUT2D eigenvalue weighted by Crippen LogP contribution is -2.38. The second kappa shape index (κ2) is 8.22. The van der Waals surface area contributed by atoms with E-state index in [4.69, 9.17) is 11.6 Å². The molecule has 2 N–H and O–H groups in total. The topological polar surface area (TPSA) is 84.3 Å². The Hall–Kier alpha value is -2.67. The molecule has 2 fully saturated rings. The average Bonchev–Trinajstić information content (AvgIpc) is 3.20. The van der Waals surface area contributed by atoms with Gasteiger partial charge in [0, 0.05) is 34.8 Å². The van der Waals surface area contributed by atoms with Gasteiger partial charge in [0.25, 0.3) is 11.6 Å². The maximum absolute atomic E-state index is 13.6. The third-order valence-electron chi connectivity index (χ3n) is 6.35. The van der Waals surface area contributed by atoms with Crippen LogP contribution in [0.2, 0.25) is 5.02 Å². The summed E-state index contributed by atoms with van der Waals surface area (Å²) in [6.07, 6.45) is 2.55. The Morgan fingerprint density at radius 3 is 2.50 bits per heavy atom. The smallest absolute Gasteiger partial charge is 0.292 e. The molecule has 0 saturated heterocycles. The lowest BCUT2D eigenvalue weighted by molar-refractivity contribution is -0.384. The van der Waals surface area contributed by atoms with Crippen molar-refractivity contribution in [1.82, 2.24) is 5.32 Å². The van der Waals surface area contributed by atoms with Crippen molar-refractivity contribution in [2.75, 3.05) is 5.32 Å². The maximum atomic E-state index is 13.6. The molecule has 2 aromatic carbocycles. The Balaban J connectivity index is 1.35. The number of nitrogens with one attached hydrogen (secondary N) is 2. The highest BCUT2D eigenvalue weighted by atomic mass is 35.5. The number of anilines is 1. The number of carbonyl (C=O) groups is 1. The van der Waals surface area contributed by atoms with Gasteiger partial charge in [-0.05, 0) is 67.3 Å². The van der Waals surface area contributed by atoms with Gasteiger partial charge in [-0.25, -0.2) is 4.39 Å². The molecule has 6 nitrogen and oxygen atoms in total. The minimum absolute atomic E-state index is 0.0706. The quantitative estimate of drug-likeness (QED) is 0.475. The normalized spacial score (nSPS) is 25.3. The van der Waals surface area contributed by atoms with Crippen LogP contribution in [0.3, 0.4) is 0 Å². The first-order valence-corrected chi connectivity index (χ1v) is 10.5. The number of rotatable bonds is 7. The van der Waals surface area contributed by atoms with Crippen molar-refractivity contribution in [3.8, 4) is 0 Å². The highest BCUT2D eigenvalue weighted by Crippen LogP contribution is 2.60. The summed E-state index contributed by atoms with van der Waals surface area (Å²) in [5, 5.41) is 18.1. The van der Waals surface area contributed by atoms with Crippen molar-refractivity contribution in [2.24, 2.45) is 17.8 Å². The van der Waals surface area contributed by atoms with E-state index in [0.29, 0.717) is 28.3 Å². The number of hydrogen-bond acceptors (Lipinski definition) is 4. The number of nitro groups is 1. The van der Waals surface area contributed by atoms with Crippen molar-refractivity contribution in [3.05, 3.63) is 69.0 Å². The Labute approximate surface area is 179 Å². The first-order chi connectivity index (χ1) is 14.4.